The maximum atomic E-state index is 8.36. The number of nitrogens with zero attached hydrogens (tertiary/aromatic N) is 1. The summed E-state index contributed by atoms with van der Waals surface area (Å²) in [5.41, 5.74) is 3.40. The summed E-state index contributed by atoms with van der Waals surface area (Å²) in [7, 11) is 0. The number of benzene rings is 1. The van der Waals surface area contributed by atoms with Crippen molar-refractivity contribution < 1.29 is 10.3 Å². The van der Waals surface area contributed by atoms with Crippen LogP contribution in [-0.2, 0) is 0 Å². The summed E-state index contributed by atoms with van der Waals surface area (Å²) in [6, 6.07) is 1.91. The standard InChI is InChI=1S/C6H4Br4N2.HNO3/c7-2-1-3(8)6(12-11)5(10)4(2)9;2-1(3)4/h1,12H,11H2;(H,2,3,4). The molecule has 16 heavy (non-hydrogen) atoms. The van der Waals surface area contributed by atoms with Crippen LogP contribution < -0.4 is 11.3 Å². The van der Waals surface area contributed by atoms with Crippen molar-refractivity contribution in [1.82, 2.24) is 0 Å². The van der Waals surface area contributed by atoms with Gasteiger partial charge in [-0.2, -0.15) is 0 Å². The fourth-order valence-corrected chi connectivity index (χ4v) is 3.36. The molecular formula is C6H5Br4N3O3. The van der Waals surface area contributed by atoms with E-state index in [2.05, 4.69) is 69.1 Å². The predicted molar refractivity (Wildman–Crippen MR) is 73.8 cm³/mol. The zero-order valence-corrected chi connectivity index (χ0v) is 13.7. The van der Waals surface area contributed by atoms with Crippen molar-refractivity contribution in [2.75, 3.05) is 5.43 Å². The molecule has 0 saturated carbocycles. The number of rotatable bonds is 1. The van der Waals surface area contributed by atoms with Gasteiger partial charge in [0, 0.05) is 13.4 Å². The number of halogens is 4. The number of nitrogens with two attached hydrogens (primary N) is 1. The van der Waals surface area contributed by atoms with Gasteiger partial charge < -0.3 is 10.6 Å². The van der Waals surface area contributed by atoms with Crippen LogP contribution in [-0.4, -0.2) is 10.3 Å². The largest absolute Gasteiger partial charge is 0.328 e. The second-order valence-corrected chi connectivity index (χ2v) is 5.52. The minimum atomic E-state index is -1.50. The van der Waals surface area contributed by atoms with Crippen LogP contribution in [0, 0.1) is 10.1 Å². The van der Waals surface area contributed by atoms with E-state index < -0.39 is 5.09 Å². The van der Waals surface area contributed by atoms with Crippen LogP contribution in [0.15, 0.2) is 24.0 Å². The van der Waals surface area contributed by atoms with Gasteiger partial charge in [-0.05, 0) is 69.8 Å². The fourth-order valence-electron chi connectivity index (χ4n) is 0.699. The van der Waals surface area contributed by atoms with E-state index in [1.165, 1.54) is 0 Å². The van der Waals surface area contributed by atoms with Gasteiger partial charge in [0.15, 0.2) is 0 Å². The van der Waals surface area contributed by atoms with Crippen LogP contribution in [0.2, 0.25) is 0 Å². The average molecular weight is 487 g/mol. The minimum absolute atomic E-state index is 0.810. The Kier molecular flexibility index (Phi) is 7.48. The van der Waals surface area contributed by atoms with Gasteiger partial charge in [-0.25, -0.2) is 0 Å². The molecule has 0 aliphatic heterocycles. The molecule has 0 saturated heterocycles. The van der Waals surface area contributed by atoms with Crippen LogP contribution in [0.4, 0.5) is 5.69 Å². The third-order valence-corrected chi connectivity index (χ3v) is 5.19. The first-order valence-electron chi connectivity index (χ1n) is 3.44. The van der Waals surface area contributed by atoms with Gasteiger partial charge in [-0.3, -0.25) is 5.84 Å². The van der Waals surface area contributed by atoms with Gasteiger partial charge >= 0.3 is 0 Å². The van der Waals surface area contributed by atoms with Gasteiger partial charge in [0.25, 0.3) is 5.09 Å². The zero-order chi connectivity index (χ0) is 12.9. The summed E-state index contributed by atoms with van der Waals surface area (Å²) in [5.74, 6) is 5.32. The van der Waals surface area contributed by atoms with Crippen molar-refractivity contribution in [2.45, 2.75) is 0 Å². The van der Waals surface area contributed by atoms with Gasteiger partial charge in [-0.1, -0.05) is 0 Å². The van der Waals surface area contributed by atoms with E-state index in [0.29, 0.717) is 0 Å². The van der Waals surface area contributed by atoms with E-state index >= 15 is 0 Å². The first-order valence-corrected chi connectivity index (χ1v) is 6.61. The molecule has 0 spiro atoms. The van der Waals surface area contributed by atoms with Crippen molar-refractivity contribution in [2.24, 2.45) is 5.84 Å². The van der Waals surface area contributed by atoms with E-state index in [0.717, 1.165) is 23.6 Å². The van der Waals surface area contributed by atoms with E-state index in [-0.39, 0.29) is 0 Å². The lowest BCUT2D eigenvalue weighted by atomic mass is 10.3. The highest BCUT2D eigenvalue weighted by Gasteiger charge is 2.10. The average Bonchev–Trinajstić information content (AvgIpc) is 2.14. The predicted octanol–water partition coefficient (Wildman–Crippen LogP) is 3.67. The number of nitrogens with one attached hydrogen (secondary N) is 1. The van der Waals surface area contributed by atoms with Gasteiger partial charge in [-0.15, -0.1) is 10.1 Å². The molecule has 0 heterocycles. The first kappa shape index (κ1) is 16.1. The highest BCUT2D eigenvalue weighted by molar-refractivity contribution is 9.14. The van der Waals surface area contributed by atoms with E-state index in [9.17, 15) is 0 Å². The van der Waals surface area contributed by atoms with Crippen LogP contribution in [0.5, 0.6) is 0 Å². The van der Waals surface area contributed by atoms with Crippen molar-refractivity contribution in [3.8, 4) is 0 Å². The molecule has 1 rings (SSSR count). The number of hydrogen-bond donors (Lipinski definition) is 3. The zero-order valence-electron chi connectivity index (χ0n) is 7.38. The third kappa shape index (κ3) is 4.95. The Balaban J connectivity index is 0.000000487. The molecule has 10 heteroatoms. The lowest BCUT2D eigenvalue weighted by molar-refractivity contribution is -0.742. The van der Waals surface area contributed by atoms with Crippen molar-refractivity contribution in [1.29, 1.82) is 0 Å². The Morgan fingerprint density at radius 3 is 2.06 bits per heavy atom. The molecular weight excluding hydrogens is 482 g/mol. The molecule has 0 fully saturated rings. The number of anilines is 1. The summed E-state index contributed by atoms with van der Waals surface area (Å²) < 4.78 is 3.66. The molecule has 0 atom stereocenters. The lowest BCUT2D eigenvalue weighted by Crippen LogP contribution is -2.08. The Morgan fingerprint density at radius 1 is 1.25 bits per heavy atom. The molecule has 90 valence electrons. The second-order valence-electron chi connectivity index (χ2n) is 2.23. The third-order valence-electron chi connectivity index (χ3n) is 1.26. The van der Waals surface area contributed by atoms with E-state index in [1.807, 2.05) is 6.07 Å². The molecule has 0 unspecified atom stereocenters. The Labute approximate surface area is 124 Å². The Morgan fingerprint density at radius 2 is 1.69 bits per heavy atom. The van der Waals surface area contributed by atoms with Crippen molar-refractivity contribution in [3.63, 3.8) is 0 Å². The number of hydrogen-bond acceptors (Lipinski definition) is 4. The van der Waals surface area contributed by atoms with Crippen molar-refractivity contribution >= 4 is 69.4 Å². The summed E-state index contributed by atoms with van der Waals surface area (Å²) in [4.78, 5) is 8.36. The molecule has 6 nitrogen and oxygen atoms in total. The molecule has 0 aliphatic rings. The molecule has 1 aromatic rings. The van der Waals surface area contributed by atoms with Crippen LogP contribution >= 0.6 is 63.7 Å². The summed E-state index contributed by atoms with van der Waals surface area (Å²) in [6.07, 6.45) is 0. The topological polar surface area (TPSA) is 101 Å². The minimum Gasteiger partial charge on any atom is -0.328 e. The Bertz CT molecular complexity index is 397. The highest BCUT2D eigenvalue weighted by atomic mass is 79.9. The molecule has 4 N–H and O–H groups in total. The summed E-state index contributed by atoms with van der Waals surface area (Å²) >= 11 is 13.5. The fraction of sp³-hybridized carbons (Fsp3) is 0. The molecule has 0 bridgehead atoms. The number of hydrazine groups is 1. The first-order chi connectivity index (χ1) is 7.31. The van der Waals surface area contributed by atoms with Crippen LogP contribution in [0.1, 0.15) is 0 Å². The molecule has 0 radical (unpaired) electrons. The van der Waals surface area contributed by atoms with Crippen LogP contribution in [0.3, 0.4) is 0 Å². The SMILES string of the molecule is NNc1c(Br)cc(Br)c(Br)c1Br.O=[N+]([O-])O. The Hall–Kier alpha value is 0.1000. The monoisotopic (exact) mass is 483 g/mol. The van der Waals surface area contributed by atoms with Gasteiger partial charge in [0.05, 0.1) is 10.2 Å². The number of nitrogen functional groups attached to an aromatic ring is 1. The quantitative estimate of drug-likeness (QED) is 0.185. The lowest BCUT2D eigenvalue weighted by Gasteiger charge is -2.09. The highest BCUT2D eigenvalue weighted by Crippen LogP contribution is 2.40. The maximum absolute atomic E-state index is 8.36. The molecule has 0 aliphatic carbocycles. The van der Waals surface area contributed by atoms with Crippen molar-refractivity contribution in [3.05, 3.63) is 34.1 Å². The van der Waals surface area contributed by atoms with E-state index in [1.54, 1.807) is 0 Å². The van der Waals surface area contributed by atoms with Crippen LogP contribution in [0.25, 0.3) is 0 Å². The van der Waals surface area contributed by atoms with Gasteiger partial charge in [0.1, 0.15) is 0 Å². The normalized spacial score (nSPS) is 9.06. The smallest absolute Gasteiger partial charge is 0.291 e. The second kappa shape index (κ2) is 7.43. The molecule has 0 amide bonds. The molecule has 1 aromatic carbocycles. The van der Waals surface area contributed by atoms with Gasteiger partial charge in [0.2, 0.25) is 0 Å². The maximum Gasteiger partial charge on any atom is 0.291 e. The van der Waals surface area contributed by atoms with E-state index in [4.69, 9.17) is 21.2 Å². The summed E-state index contributed by atoms with van der Waals surface area (Å²) in [6.45, 7) is 0. The summed E-state index contributed by atoms with van der Waals surface area (Å²) in [5, 5.41) is 13.6. The molecule has 0 aromatic heterocycles.